The van der Waals surface area contributed by atoms with Crippen molar-refractivity contribution in [1.82, 2.24) is 9.55 Å². The summed E-state index contributed by atoms with van der Waals surface area (Å²) in [5.41, 5.74) is 1.19. The Morgan fingerprint density at radius 1 is 1.20 bits per heavy atom. The fourth-order valence-electron chi connectivity index (χ4n) is 1.67. The summed E-state index contributed by atoms with van der Waals surface area (Å²) < 4.78 is 2.22. The Bertz CT molecular complexity index is 403. The average Bonchev–Trinajstić information content (AvgIpc) is 2.75. The summed E-state index contributed by atoms with van der Waals surface area (Å²) in [4.78, 5) is 4.40. The van der Waals surface area contributed by atoms with Gasteiger partial charge in [-0.3, -0.25) is 0 Å². The summed E-state index contributed by atoms with van der Waals surface area (Å²) in [6.45, 7) is 3.26. The van der Waals surface area contributed by atoms with Crippen molar-refractivity contribution in [3.63, 3.8) is 0 Å². The van der Waals surface area contributed by atoms with Crippen molar-refractivity contribution < 1.29 is 0 Å². The molecular weight excluding hydrogens is 184 g/mol. The van der Waals surface area contributed by atoms with Gasteiger partial charge in [0, 0.05) is 24.5 Å². The number of unbranched alkanes of at least 4 members (excludes halogenated alkanes) is 1. The predicted octanol–water partition coefficient (Wildman–Crippen LogP) is 3.35. The van der Waals surface area contributed by atoms with Crippen molar-refractivity contribution in [2.75, 3.05) is 0 Å². The van der Waals surface area contributed by atoms with E-state index in [-0.39, 0.29) is 0 Å². The van der Waals surface area contributed by atoms with Gasteiger partial charge in [0.15, 0.2) is 0 Å². The van der Waals surface area contributed by atoms with E-state index in [1.54, 1.807) is 0 Å². The van der Waals surface area contributed by atoms with Crippen LogP contribution in [-0.2, 0) is 6.54 Å². The SMILES string of the molecule is CCCCn1ccnc1-c1ccccc1. The summed E-state index contributed by atoms with van der Waals surface area (Å²) in [6, 6.07) is 10.3. The number of aryl methyl sites for hydroxylation is 1. The first kappa shape index (κ1) is 9.97. The molecule has 0 saturated heterocycles. The van der Waals surface area contributed by atoms with Crippen LogP contribution in [0, 0.1) is 0 Å². The molecule has 1 heterocycles. The molecule has 0 amide bonds. The van der Waals surface area contributed by atoms with Crippen molar-refractivity contribution >= 4 is 0 Å². The number of benzene rings is 1. The molecule has 1 aromatic heterocycles. The van der Waals surface area contributed by atoms with Crippen molar-refractivity contribution in [2.45, 2.75) is 26.3 Å². The minimum atomic E-state index is 1.06. The normalized spacial score (nSPS) is 10.5. The van der Waals surface area contributed by atoms with E-state index in [0.717, 1.165) is 12.4 Å². The molecule has 2 rings (SSSR count). The van der Waals surface area contributed by atoms with Gasteiger partial charge in [-0.15, -0.1) is 0 Å². The number of aromatic nitrogens is 2. The molecule has 2 heteroatoms. The average molecular weight is 200 g/mol. The number of nitrogens with zero attached hydrogens (tertiary/aromatic N) is 2. The Morgan fingerprint density at radius 3 is 2.73 bits per heavy atom. The highest BCUT2D eigenvalue weighted by Gasteiger charge is 2.03. The molecule has 0 fully saturated rings. The monoisotopic (exact) mass is 200 g/mol. The van der Waals surface area contributed by atoms with E-state index in [2.05, 4.69) is 34.8 Å². The van der Waals surface area contributed by atoms with Crippen LogP contribution in [0.1, 0.15) is 19.8 Å². The standard InChI is InChI=1S/C13H16N2/c1-2-3-10-15-11-9-14-13(15)12-7-5-4-6-8-12/h4-9,11H,2-3,10H2,1H3. The van der Waals surface area contributed by atoms with Crippen molar-refractivity contribution in [2.24, 2.45) is 0 Å². The van der Waals surface area contributed by atoms with Gasteiger partial charge < -0.3 is 4.57 Å². The van der Waals surface area contributed by atoms with E-state index in [0.29, 0.717) is 0 Å². The smallest absolute Gasteiger partial charge is 0.139 e. The summed E-state index contributed by atoms with van der Waals surface area (Å²) in [6.07, 6.45) is 6.35. The maximum Gasteiger partial charge on any atom is 0.139 e. The van der Waals surface area contributed by atoms with Crippen molar-refractivity contribution in [3.8, 4) is 11.4 Å². The fourth-order valence-corrected chi connectivity index (χ4v) is 1.67. The van der Waals surface area contributed by atoms with E-state index in [1.165, 1.54) is 18.4 Å². The Morgan fingerprint density at radius 2 is 2.00 bits per heavy atom. The molecule has 78 valence electrons. The van der Waals surface area contributed by atoms with Crippen LogP contribution in [0.2, 0.25) is 0 Å². The maximum atomic E-state index is 4.40. The third-order valence-corrected chi connectivity index (χ3v) is 2.50. The van der Waals surface area contributed by atoms with Gasteiger partial charge in [0.1, 0.15) is 5.82 Å². The minimum absolute atomic E-state index is 1.06. The molecule has 2 aromatic rings. The fraction of sp³-hybridized carbons (Fsp3) is 0.308. The Hall–Kier alpha value is -1.57. The first-order valence-corrected chi connectivity index (χ1v) is 5.48. The molecular formula is C13H16N2. The molecule has 0 aliphatic carbocycles. The topological polar surface area (TPSA) is 17.8 Å². The molecule has 0 N–H and O–H groups in total. The highest BCUT2D eigenvalue weighted by atomic mass is 15.1. The predicted molar refractivity (Wildman–Crippen MR) is 62.6 cm³/mol. The summed E-state index contributed by atoms with van der Waals surface area (Å²) >= 11 is 0. The number of hydrogen-bond donors (Lipinski definition) is 0. The molecule has 0 spiro atoms. The first-order valence-electron chi connectivity index (χ1n) is 5.48. The molecule has 0 unspecified atom stereocenters. The Labute approximate surface area is 90.6 Å². The lowest BCUT2D eigenvalue weighted by molar-refractivity contribution is 0.637. The minimum Gasteiger partial charge on any atom is -0.331 e. The number of imidazole rings is 1. The van der Waals surface area contributed by atoms with E-state index in [4.69, 9.17) is 0 Å². The van der Waals surface area contributed by atoms with Gasteiger partial charge in [0.25, 0.3) is 0 Å². The van der Waals surface area contributed by atoms with Gasteiger partial charge in [0.05, 0.1) is 0 Å². The largest absolute Gasteiger partial charge is 0.331 e. The number of hydrogen-bond acceptors (Lipinski definition) is 1. The van der Waals surface area contributed by atoms with Crippen LogP contribution < -0.4 is 0 Å². The van der Waals surface area contributed by atoms with Gasteiger partial charge >= 0.3 is 0 Å². The van der Waals surface area contributed by atoms with Crippen LogP contribution in [0.3, 0.4) is 0 Å². The van der Waals surface area contributed by atoms with Crippen LogP contribution >= 0.6 is 0 Å². The van der Waals surface area contributed by atoms with Gasteiger partial charge in [-0.25, -0.2) is 4.98 Å². The zero-order chi connectivity index (χ0) is 10.5. The third kappa shape index (κ3) is 2.27. The van der Waals surface area contributed by atoms with Crippen LogP contribution in [0.4, 0.5) is 0 Å². The summed E-state index contributed by atoms with van der Waals surface area (Å²) in [5, 5.41) is 0. The lowest BCUT2D eigenvalue weighted by Crippen LogP contribution is -1.98. The lowest BCUT2D eigenvalue weighted by atomic mass is 10.2. The molecule has 0 aliphatic rings. The maximum absolute atomic E-state index is 4.40. The molecule has 0 atom stereocenters. The second-order valence-electron chi connectivity index (χ2n) is 3.66. The van der Waals surface area contributed by atoms with Crippen molar-refractivity contribution in [3.05, 3.63) is 42.7 Å². The molecule has 0 saturated carbocycles. The molecule has 1 aromatic carbocycles. The van der Waals surface area contributed by atoms with Gasteiger partial charge in [0.2, 0.25) is 0 Å². The highest BCUT2D eigenvalue weighted by molar-refractivity contribution is 5.54. The highest BCUT2D eigenvalue weighted by Crippen LogP contribution is 2.16. The molecule has 0 radical (unpaired) electrons. The molecule has 0 bridgehead atoms. The van der Waals surface area contributed by atoms with E-state index in [9.17, 15) is 0 Å². The Kier molecular flexibility index (Phi) is 3.18. The van der Waals surface area contributed by atoms with E-state index < -0.39 is 0 Å². The second kappa shape index (κ2) is 4.78. The zero-order valence-corrected chi connectivity index (χ0v) is 9.06. The molecule has 15 heavy (non-hydrogen) atoms. The van der Waals surface area contributed by atoms with Gasteiger partial charge in [-0.2, -0.15) is 0 Å². The molecule has 2 nitrogen and oxygen atoms in total. The number of rotatable bonds is 4. The Balaban J connectivity index is 2.25. The van der Waals surface area contributed by atoms with Gasteiger partial charge in [-0.1, -0.05) is 43.7 Å². The van der Waals surface area contributed by atoms with E-state index >= 15 is 0 Å². The van der Waals surface area contributed by atoms with Crippen LogP contribution in [0.5, 0.6) is 0 Å². The third-order valence-electron chi connectivity index (χ3n) is 2.50. The lowest BCUT2D eigenvalue weighted by Gasteiger charge is -2.06. The van der Waals surface area contributed by atoms with Crippen LogP contribution in [0.25, 0.3) is 11.4 Å². The van der Waals surface area contributed by atoms with Crippen LogP contribution in [0.15, 0.2) is 42.7 Å². The second-order valence-corrected chi connectivity index (χ2v) is 3.66. The van der Waals surface area contributed by atoms with Crippen LogP contribution in [-0.4, -0.2) is 9.55 Å². The summed E-state index contributed by atoms with van der Waals surface area (Å²) in [5.74, 6) is 1.07. The quantitative estimate of drug-likeness (QED) is 0.740. The summed E-state index contributed by atoms with van der Waals surface area (Å²) in [7, 11) is 0. The van der Waals surface area contributed by atoms with E-state index in [1.807, 2.05) is 24.4 Å². The first-order chi connectivity index (χ1) is 7.42. The van der Waals surface area contributed by atoms with Crippen molar-refractivity contribution in [1.29, 1.82) is 0 Å². The zero-order valence-electron chi connectivity index (χ0n) is 9.06. The molecule has 0 aliphatic heterocycles. The van der Waals surface area contributed by atoms with Gasteiger partial charge in [-0.05, 0) is 6.42 Å².